The Morgan fingerprint density at radius 3 is 2.55 bits per heavy atom. The van der Waals surface area contributed by atoms with Crippen LogP contribution in [0.2, 0.25) is 0 Å². The third-order valence-electron chi connectivity index (χ3n) is 3.18. The SMILES string of the molecule is Cc1cccc(C(=O)NC(C)c2ccc(CN)cc2)n1. The highest BCUT2D eigenvalue weighted by atomic mass is 16.1. The summed E-state index contributed by atoms with van der Waals surface area (Å²) in [5, 5.41) is 2.94. The molecule has 0 spiro atoms. The maximum absolute atomic E-state index is 12.1. The summed E-state index contributed by atoms with van der Waals surface area (Å²) in [5.74, 6) is -0.163. The predicted octanol–water partition coefficient (Wildman–Crippen LogP) is 2.34. The van der Waals surface area contributed by atoms with E-state index in [-0.39, 0.29) is 11.9 Å². The molecular formula is C16H19N3O. The Kier molecular flexibility index (Phi) is 4.48. The third kappa shape index (κ3) is 3.42. The van der Waals surface area contributed by atoms with Gasteiger partial charge in [-0.1, -0.05) is 30.3 Å². The van der Waals surface area contributed by atoms with Crippen molar-refractivity contribution in [3.8, 4) is 0 Å². The lowest BCUT2D eigenvalue weighted by atomic mass is 10.1. The first-order chi connectivity index (χ1) is 9.60. The molecule has 4 heteroatoms. The summed E-state index contributed by atoms with van der Waals surface area (Å²) >= 11 is 0. The monoisotopic (exact) mass is 269 g/mol. The van der Waals surface area contributed by atoms with Crippen LogP contribution in [0.1, 0.15) is 40.3 Å². The van der Waals surface area contributed by atoms with Gasteiger partial charge in [-0.25, -0.2) is 4.98 Å². The minimum Gasteiger partial charge on any atom is -0.344 e. The van der Waals surface area contributed by atoms with E-state index in [9.17, 15) is 4.79 Å². The van der Waals surface area contributed by atoms with Gasteiger partial charge in [0.05, 0.1) is 6.04 Å². The number of nitrogens with one attached hydrogen (secondary N) is 1. The predicted molar refractivity (Wildman–Crippen MR) is 79.2 cm³/mol. The Labute approximate surface area is 119 Å². The molecule has 1 aromatic heterocycles. The summed E-state index contributed by atoms with van der Waals surface area (Å²) < 4.78 is 0. The number of nitrogens with two attached hydrogens (primary N) is 1. The van der Waals surface area contributed by atoms with E-state index in [4.69, 9.17) is 5.73 Å². The fourth-order valence-electron chi connectivity index (χ4n) is 1.97. The maximum atomic E-state index is 12.1. The molecule has 1 unspecified atom stereocenters. The number of aromatic nitrogens is 1. The van der Waals surface area contributed by atoms with Crippen molar-refractivity contribution in [2.75, 3.05) is 0 Å². The van der Waals surface area contributed by atoms with Crippen LogP contribution in [0, 0.1) is 6.92 Å². The average Bonchev–Trinajstić information content (AvgIpc) is 2.47. The minimum atomic E-state index is -0.163. The first-order valence-electron chi connectivity index (χ1n) is 6.63. The molecule has 3 N–H and O–H groups in total. The summed E-state index contributed by atoms with van der Waals surface area (Å²) in [4.78, 5) is 16.3. The Bertz CT molecular complexity index is 593. The highest BCUT2D eigenvalue weighted by Gasteiger charge is 2.12. The van der Waals surface area contributed by atoms with Gasteiger partial charge in [-0.05, 0) is 37.1 Å². The first-order valence-corrected chi connectivity index (χ1v) is 6.63. The second-order valence-corrected chi connectivity index (χ2v) is 4.81. The van der Waals surface area contributed by atoms with Crippen molar-refractivity contribution in [2.45, 2.75) is 26.4 Å². The summed E-state index contributed by atoms with van der Waals surface area (Å²) in [6.45, 7) is 4.34. The molecule has 0 bridgehead atoms. The number of aryl methyl sites for hydroxylation is 1. The number of amides is 1. The quantitative estimate of drug-likeness (QED) is 0.895. The number of pyridine rings is 1. The van der Waals surface area contributed by atoms with E-state index in [2.05, 4.69) is 10.3 Å². The van der Waals surface area contributed by atoms with Crippen molar-refractivity contribution in [2.24, 2.45) is 5.73 Å². The first kappa shape index (κ1) is 14.2. The molecule has 1 heterocycles. The second kappa shape index (κ2) is 6.30. The van der Waals surface area contributed by atoms with Gasteiger partial charge in [0.2, 0.25) is 0 Å². The van der Waals surface area contributed by atoms with Crippen LogP contribution >= 0.6 is 0 Å². The number of hydrogen-bond acceptors (Lipinski definition) is 3. The van der Waals surface area contributed by atoms with E-state index >= 15 is 0 Å². The number of carbonyl (C=O) groups is 1. The molecule has 4 nitrogen and oxygen atoms in total. The normalized spacial score (nSPS) is 11.9. The van der Waals surface area contributed by atoms with Crippen molar-refractivity contribution in [3.05, 3.63) is 65.0 Å². The smallest absolute Gasteiger partial charge is 0.270 e. The van der Waals surface area contributed by atoms with Crippen molar-refractivity contribution in [3.63, 3.8) is 0 Å². The summed E-state index contributed by atoms with van der Waals surface area (Å²) in [5.41, 5.74) is 8.96. The molecule has 2 aromatic rings. The average molecular weight is 269 g/mol. The molecule has 2 rings (SSSR count). The van der Waals surface area contributed by atoms with E-state index in [1.807, 2.05) is 50.2 Å². The molecule has 0 aliphatic carbocycles. The van der Waals surface area contributed by atoms with Crippen molar-refractivity contribution in [1.29, 1.82) is 0 Å². The Morgan fingerprint density at radius 2 is 1.95 bits per heavy atom. The topological polar surface area (TPSA) is 68.0 Å². The Morgan fingerprint density at radius 1 is 1.25 bits per heavy atom. The lowest BCUT2D eigenvalue weighted by Crippen LogP contribution is -2.27. The van der Waals surface area contributed by atoms with E-state index in [1.54, 1.807) is 6.07 Å². The molecule has 1 atom stereocenters. The van der Waals surface area contributed by atoms with Crippen LogP contribution < -0.4 is 11.1 Å². The number of carbonyl (C=O) groups excluding carboxylic acids is 1. The zero-order valence-electron chi connectivity index (χ0n) is 11.8. The van der Waals surface area contributed by atoms with Crippen molar-refractivity contribution in [1.82, 2.24) is 10.3 Å². The largest absolute Gasteiger partial charge is 0.344 e. The van der Waals surface area contributed by atoms with Crippen LogP contribution in [0.3, 0.4) is 0 Å². The Balaban J connectivity index is 2.06. The number of benzene rings is 1. The van der Waals surface area contributed by atoms with E-state index in [0.29, 0.717) is 12.2 Å². The van der Waals surface area contributed by atoms with Gasteiger partial charge in [0.15, 0.2) is 0 Å². The molecule has 1 amide bonds. The molecule has 0 aliphatic heterocycles. The lowest BCUT2D eigenvalue weighted by Gasteiger charge is -2.14. The molecule has 0 fully saturated rings. The number of nitrogens with zero attached hydrogens (tertiary/aromatic N) is 1. The number of rotatable bonds is 4. The van der Waals surface area contributed by atoms with Crippen LogP contribution in [-0.4, -0.2) is 10.9 Å². The highest BCUT2D eigenvalue weighted by molar-refractivity contribution is 5.92. The van der Waals surface area contributed by atoms with Crippen molar-refractivity contribution < 1.29 is 4.79 Å². The Hall–Kier alpha value is -2.20. The van der Waals surface area contributed by atoms with Gasteiger partial charge in [0, 0.05) is 12.2 Å². The van der Waals surface area contributed by atoms with E-state index < -0.39 is 0 Å². The van der Waals surface area contributed by atoms with Crippen LogP contribution in [-0.2, 0) is 6.54 Å². The van der Waals surface area contributed by atoms with Gasteiger partial charge in [-0.3, -0.25) is 4.79 Å². The fraction of sp³-hybridized carbons (Fsp3) is 0.250. The van der Waals surface area contributed by atoms with E-state index in [1.165, 1.54) is 0 Å². The minimum absolute atomic E-state index is 0.0726. The van der Waals surface area contributed by atoms with Crippen LogP contribution in [0.25, 0.3) is 0 Å². The number of hydrogen-bond donors (Lipinski definition) is 2. The molecule has 0 radical (unpaired) electrons. The van der Waals surface area contributed by atoms with Gasteiger partial charge >= 0.3 is 0 Å². The molecule has 1 aromatic carbocycles. The van der Waals surface area contributed by atoms with Crippen LogP contribution in [0.15, 0.2) is 42.5 Å². The maximum Gasteiger partial charge on any atom is 0.270 e. The zero-order valence-corrected chi connectivity index (χ0v) is 11.8. The molecule has 20 heavy (non-hydrogen) atoms. The molecule has 104 valence electrons. The molecular weight excluding hydrogens is 250 g/mol. The van der Waals surface area contributed by atoms with Gasteiger partial charge in [0.25, 0.3) is 5.91 Å². The summed E-state index contributed by atoms with van der Waals surface area (Å²) in [6, 6.07) is 13.3. The zero-order chi connectivity index (χ0) is 14.5. The standard InChI is InChI=1S/C16H19N3O/c1-11-4-3-5-15(18-11)16(20)19-12(2)14-8-6-13(10-17)7-9-14/h3-9,12H,10,17H2,1-2H3,(H,19,20). The van der Waals surface area contributed by atoms with Crippen LogP contribution in [0.4, 0.5) is 0 Å². The van der Waals surface area contributed by atoms with E-state index in [0.717, 1.165) is 16.8 Å². The van der Waals surface area contributed by atoms with Gasteiger partial charge in [-0.15, -0.1) is 0 Å². The molecule has 0 aliphatic rings. The van der Waals surface area contributed by atoms with Gasteiger partial charge < -0.3 is 11.1 Å². The summed E-state index contributed by atoms with van der Waals surface area (Å²) in [6.07, 6.45) is 0. The third-order valence-corrected chi connectivity index (χ3v) is 3.18. The molecule has 0 saturated carbocycles. The molecule has 0 saturated heterocycles. The lowest BCUT2D eigenvalue weighted by molar-refractivity contribution is 0.0934. The highest BCUT2D eigenvalue weighted by Crippen LogP contribution is 2.14. The summed E-state index contributed by atoms with van der Waals surface area (Å²) in [7, 11) is 0. The fourth-order valence-corrected chi connectivity index (χ4v) is 1.97. The van der Waals surface area contributed by atoms with Crippen LogP contribution in [0.5, 0.6) is 0 Å². The van der Waals surface area contributed by atoms with Crippen molar-refractivity contribution >= 4 is 5.91 Å². The second-order valence-electron chi connectivity index (χ2n) is 4.81. The van der Waals surface area contributed by atoms with Gasteiger partial charge in [0.1, 0.15) is 5.69 Å². The van der Waals surface area contributed by atoms with Gasteiger partial charge in [-0.2, -0.15) is 0 Å².